The molecule has 2 aromatic carbocycles. The molecule has 0 spiro atoms. The fourth-order valence-electron chi connectivity index (χ4n) is 1.85. The Kier molecular flexibility index (Phi) is 5.16. The first kappa shape index (κ1) is 16.0. The van der Waals surface area contributed by atoms with Crippen LogP contribution in [0.4, 0.5) is 11.4 Å². The Labute approximate surface area is 132 Å². The quantitative estimate of drug-likeness (QED) is 0.513. The molecule has 0 aliphatic carbocycles. The molecule has 1 atom stereocenters. The smallest absolute Gasteiger partial charge is 0.271 e. The number of anilines is 1. The molecule has 2 rings (SSSR count). The van der Waals surface area contributed by atoms with E-state index in [2.05, 4.69) is 5.32 Å². The molecule has 0 bridgehead atoms. The number of thioether (sulfide) groups is 1. The van der Waals surface area contributed by atoms with Crippen molar-refractivity contribution < 1.29 is 9.72 Å². The van der Waals surface area contributed by atoms with Crippen molar-refractivity contribution in [2.24, 2.45) is 0 Å². The maximum absolute atomic E-state index is 12.2. The summed E-state index contributed by atoms with van der Waals surface area (Å²) in [5.41, 5.74) is 1.22. The fourth-order valence-corrected chi connectivity index (χ4v) is 2.74. The van der Waals surface area contributed by atoms with Crippen LogP contribution in [0.1, 0.15) is 12.5 Å². The molecule has 0 fully saturated rings. The molecule has 0 aliphatic heterocycles. The van der Waals surface area contributed by atoms with Crippen LogP contribution >= 0.6 is 11.8 Å². The predicted molar refractivity (Wildman–Crippen MR) is 88.2 cm³/mol. The Balaban J connectivity index is 2.08. The lowest BCUT2D eigenvalue weighted by Gasteiger charge is -2.13. The molecule has 0 aliphatic rings. The number of nitrogens with one attached hydrogen (secondary N) is 1. The molecule has 0 saturated heterocycles. The van der Waals surface area contributed by atoms with Gasteiger partial charge in [0.1, 0.15) is 0 Å². The van der Waals surface area contributed by atoms with Crippen molar-refractivity contribution in [2.75, 3.05) is 5.32 Å². The normalized spacial score (nSPS) is 11.7. The number of benzene rings is 2. The van der Waals surface area contributed by atoms with Crippen molar-refractivity contribution >= 4 is 29.0 Å². The minimum atomic E-state index is -0.475. The molecule has 0 saturated carbocycles. The number of hydrogen-bond donors (Lipinski definition) is 1. The van der Waals surface area contributed by atoms with Gasteiger partial charge in [-0.15, -0.1) is 11.8 Å². The molecule has 114 valence electrons. The molecule has 22 heavy (non-hydrogen) atoms. The summed E-state index contributed by atoms with van der Waals surface area (Å²) < 4.78 is 0. The van der Waals surface area contributed by atoms with E-state index < -0.39 is 4.92 Å². The van der Waals surface area contributed by atoms with Crippen molar-refractivity contribution in [3.05, 3.63) is 64.2 Å². The summed E-state index contributed by atoms with van der Waals surface area (Å²) in [7, 11) is 0. The zero-order valence-electron chi connectivity index (χ0n) is 12.3. The van der Waals surface area contributed by atoms with E-state index in [0.717, 1.165) is 10.5 Å². The Morgan fingerprint density at radius 1 is 1.23 bits per heavy atom. The Bertz CT molecular complexity index is 689. The number of carbonyl (C=O) groups is 1. The van der Waals surface area contributed by atoms with Crippen LogP contribution in [0.3, 0.4) is 0 Å². The summed E-state index contributed by atoms with van der Waals surface area (Å²) >= 11 is 1.44. The molecule has 0 heterocycles. The van der Waals surface area contributed by atoms with Crippen LogP contribution in [0.15, 0.2) is 53.4 Å². The molecule has 0 radical (unpaired) electrons. The second kappa shape index (κ2) is 7.09. The SMILES string of the molecule is Cc1ccc([N+](=O)[O-])cc1NC(=O)[C@H](C)Sc1ccccc1. The molecular weight excluding hydrogens is 300 g/mol. The maximum atomic E-state index is 12.2. The number of hydrogen-bond acceptors (Lipinski definition) is 4. The third-order valence-corrected chi connectivity index (χ3v) is 4.23. The first-order valence-corrected chi connectivity index (χ1v) is 7.63. The van der Waals surface area contributed by atoms with Gasteiger partial charge in [0.05, 0.1) is 15.9 Å². The van der Waals surface area contributed by atoms with Crippen LogP contribution in [-0.2, 0) is 4.79 Å². The molecule has 0 unspecified atom stereocenters. The van der Waals surface area contributed by atoms with Crippen molar-refractivity contribution in [2.45, 2.75) is 24.0 Å². The first-order valence-electron chi connectivity index (χ1n) is 6.75. The third-order valence-electron chi connectivity index (χ3n) is 3.12. The highest BCUT2D eigenvalue weighted by Gasteiger charge is 2.17. The number of non-ortho nitro benzene ring substituents is 1. The van der Waals surface area contributed by atoms with Gasteiger partial charge in [-0.25, -0.2) is 0 Å². The van der Waals surface area contributed by atoms with E-state index in [0.29, 0.717) is 5.69 Å². The zero-order chi connectivity index (χ0) is 16.1. The lowest BCUT2D eigenvalue weighted by molar-refractivity contribution is -0.384. The number of carbonyl (C=O) groups excluding carboxylic acids is 1. The summed E-state index contributed by atoms with van der Waals surface area (Å²) in [6.07, 6.45) is 0. The van der Waals surface area contributed by atoms with Crippen LogP contribution in [0.5, 0.6) is 0 Å². The maximum Gasteiger partial charge on any atom is 0.271 e. The summed E-state index contributed by atoms with van der Waals surface area (Å²) in [5, 5.41) is 13.3. The average molecular weight is 316 g/mol. The van der Waals surface area contributed by atoms with E-state index >= 15 is 0 Å². The second-order valence-corrected chi connectivity index (χ2v) is 6.23. The molecule has 0 aromatic heterocycles. The summed E-state index contributed by atoms with van der Waals surface area (Å²) in [4.78, 5) is 23.6. The van der Waals surface area contributed by atoms with Gasteiger partial charge in [0.2, 0.25) is 5.91 Å². The van der Waals surface area contributed by atoms with Gasteiger partial charge in [-0.2, -0.15) is 0 Å². The lowest BCUT2D eigenvalue weighted by Crippen LogP contribution is -2.22. The Hall–Kier alpha value is -2.34. The minimum Gasteiger partial charge on any atom is -0.325 e. The molecule has 1 N–H and O–H groups in total. The highest BCUT2D eigenvalue weighted by Crippen LogP contribution is 2.26. The monoisotopic (exact) mass is 316 g/mol. The van der Waals surface area contributed by atoms with Crippen LogP contribution in [-0.4, -0.2) is 16.1 Å². The van der Waals surface area contributed by atoms with Crippen LogP contribution in [0.25, 0.3) is 0 Å². The average Bonchev–Trinajstić information content (AvgIpc) is 2.50. The topological polar surface area (TPSA) is 72.2 Å². The van der Waals surface area contributed by atoms with Gasteiger partial charge in [0.15, 0.2) is 0 Å². The first-order chi connectivity index (χ1) is 10.5. The van der Waals surface area contributed by atoms with Crippen LogP contribution in [0, 0.1) is 17.0 Å². The van der Waals surface area contributed by atoms with Crippen molar-refractivity contribution in [3.63, 3.8) is 0 Å². The fraction of sp³-hybridized carbons (Fsp3) is 0.188. The van der Waals surface area contributed by atoms with Gasteiger partial charge in [-0.1, -0.05) is 24.3 Å². The minimum absolute atomic E-state index is 0.0377. The number of nitrogens with zero attached hydrogens (tertiary/aromatic N) is 1. The largest absolute Gasteiger partial charge is 0.325 e. The third kappa shape index (κ3) is 4.08. The van der Waals surface area contributed by atoms with Gasteiger partial charge in [-0.05, 0) is 31.5 Å². The van der Waals surface area contributed by atoms with Crippen LogP contribution < -0.4 is 5.32 Å². The van der Waals surface area contributed by atoms with E-state index in [4.69, 9.17) is 0 Å². The van der Waals surface area contributed by atoms with E-state index in [1.807, 2.05) is 30.3 Å². The van der Waals surface area contributed by atoms with Crippen molar-refractivity contribution in [1.29, 1.82) is 0 Å². The Morgan fingerprint density at radius 2 is 1.91 bits per heavy atom. The van der Waals surface area contributed by atoms with E-state index in [1.54, 1.807) is 19.9 Å². The highest BCUT2D eigenvalue weighted by molar-refractivity contribution is 8.00. The predicted octanol–water partition coefficient (Wildman–Crippen LogP) is 4.02. The summed E-state index contributed by atoms with van der Waals surface area (Å²) in [6, 6.07) is 14.1. The van der Waals surface area contributed by atoms with Gasteiger partial charge in [0, 0.05) is 17.0 Å². The van der Waals surface area contributed by atoms with Gasteiger partial charge >= 0.3 is 0 Å². The van der Waals surface area contributed by atoms with Gasteiger partial charge < -0.3 is 5.32 Å². The summed E-state index contributed by atoms with van der Waals surface area (Å²) in [6.45, 7) is 3.61. The van der Waals surface area contributed by atoms with Gasteiger partial charge in [-0.3, -0.25) is 14.9 Å². The molecule has 5 nitrogen and oxygen atoms in total. The zero-order valence-corrected chi connectivity index (χ0v) is 13.1. The van der Waals surface area contributed by atoms with E-state index in [9.17, 15) is 14.9 Å². The number of nitro groups is 1. The number of amides is 1. The molecular formula is C16H16N2O3S. The van der Waals surface area contributed by atoms with Crippen molar-refractivity contribution in [1.82, 2.24) is 0 Å². The van der Waals surface area contributed by atoms with E-state index in [1.165, 1.54) is 23.9 Å². The van der Waals surface area contributed by atoms with Crippen LogP contribution in [0.2, 0.25) is 0 Å². The summed E-state index contributed by atoms with van der Waals surface area (Å²) in [5.74, 6) is -0.183. The highest BCUT2D eigenvalue weighted by atomic mass is 32.2. The molecule has 2 aromatic rings. The second-order valence-electron chi connectivity index (χ2n) is 4.82. The Morgan fingerprint density at radius 3 is 2.55 bits per heavy atom. The number of aryl methyl sites for hydroxylation is 1. The standard InChI is InChI=1S/C16H16N2O3S/c1-11-8-9-13(18(20)21)10-15(11)17-16(19)12(2)22-14-6-4-3-5-7-14/h3-10,12H,1-2H3,(H,17,19)/t12-/m0/s1. The van der Waals surface area contributed by atoms with E-state index in [-0.39, 0.29) is 16.8 Å². The van der Waals surface area contributed by atoms with Crippen molar-refractivity contribution in [3.8, 4) is 0 Å². The number of rotatable bonds is 5. The van der Waals surface area contributed by atoms with Gasteiger partial charge in [0.25, 0.3) is 5.69 Å². The molecule has 6 heteroatoms. The number of nitro benzene ring substituents is 1. The lowest BCUT2D eigenvalue weighted by atomic mass is 10.2. The molecule has 1 amide bonds.